The Balaban J connectivity index is 1.35. The lowest BCUT2D eigenvalue weighted by Gasteiger charge is -2.37. The summed E-state index contributed by atoms with van der Waals surface area (Å²) in [5, 5.41) is 24.2. The highest BCUT2D eigenvalue weighted by molar-refractivity contribution is 5.96. The van der Waals surface area contributed by atoms with Crippen LogP contribution < -0.4 is 5.32 Å². The summed E-state index contributed by atoms with van der Waals surface area (Å²) in [6.45, 7) is 4.93. The van der Waals surface area contributed by atoms with Crippen LogP contribution in [0.4, 0.5) is 0 Å². The number of aliphatic hydroxyl groups is 1. The molecular weight excluding hydrogens is 454 g/mol. The summed E-state index contributed by atoms with van der Waals surface area (Å²) in [6, 6.07) is 15.9. The molecule has 8 heteroatoms. The van der Waals surface area contributed by atoms with Crippen molar-refractivity contribution < 1.29 is 14.6 Å². The smallest absolute Gasteiger partial charge is 0.270 e. The summed E-state index contributed by atoms with van der Waals surface area (Å²) in [7, 11) is 0. The summed E-state index contributed by atoms with van der Waals surface area (Å²) in [5.74, 6) is -0.291. The van der Waals surface area contributed by atoms with Crippen molar-refractivity contribution in [2.45, 2.75) is 50.3 Å². The Hall–Kier alpha value is -3.38. The van der Waals surface area contributed by atoms with Crippen LogP contribution >= 0.6 is 0 Å². The molecule has 8 nitrogen and oxygen atoms in total. The molecule has 2 fully saturated rings. The largest absolute Gasteiger partial charge is 0.389 e. The molecule has 1 aromatic carbocycles. The van der Waals surface area contributed by atoms with Crippen molar-refractivity contribution >= 4 is 16.8 Å². The first-order valence-corrected chi connectivity index (χ1v) is 12.5. The number of para-hydroxylation sites is 1. The maximum atomic E-state index is 13.1. The SMILES string of the molecule is Cc1ccnc(C2(C#N)CCN(Cc3cc(C(=O)N[C@H]4CCOC[C@@H]4O)nc4ccccc34)CC2)c1. The minimum Gasteiger partial charge on any atom is -0.389 e. The Kier molecular flexibility index (Phi) is 6.97. The average molecular weight is 486 g/mol. The van der Waals surface area contributed by atoms with Gasteiger partial charge in [0.1, 0.15) is 11.1 Å². The number of nitriles is 1. The third-order valence-corrected chi connectivity index (χ3v) is 7.40. The average Bonchev–Trinajstić information content (AvgIpc) is 2.90. The van der Waals surface area contributed by atoms with Gasteiger partial charge in [-0.05, 0) is 61.6 Å². The van der Waals surface area contributed by atoms with E-state index in [4.69, 9.17) is 4.74 Å². The predicted octanol–water partition coefficient (Wildman–Crippen LogP) is 2.88. The topological polar surface area (TPSA) is 111 Å². The van der Waals surface area contributed by atoms with Gasteiger partial charge in [-0.1, -0.05) is 18.2 Å². The zero-order valence-electron chi connectivity index (χ0n) is 20.5. The number of rotatable bonds is 5. The van der Waals surface area contributed by atoms with Gasteiger partial charge in [0.25, 0.3) is 5.91 Å². The van der Waals surface area contributed by atoms with Crippen LogP contribution in [0.5, 0.6) is 0 Å². The van der Waals surface area contributed by atoms with Crippen molar-refractivity contribution in [3.8, 4) is 6.07 Å². The molecule has 4 heterocycles. The number of ether oxygens (including phenoxy) is 1. The summed E-state index contributed by atoms with van der Waals surface area (Å²) in [4.78, 5) is 24.5. The van der Waals surface area contributed by atoms with Gasteiger partial charge in [-0.2, -0.15) is 5.26 Å². The van der Waals surface area contributed by atoms with Crippen molar-refractivity contribution in [2.75, 3.05) is 26.3 Å². The molecule has 2 saturated heterocycles. The number of piperidine rings is 1. The number of hydrogen-bond acceptors (Lipinski definition) is 7. The predicted molar refractivity (Wildman–Crippen MR) is 135 cm³/mol. The van der Waals surface area contributed by atoms with Gasteiger partial charge in [-0.25, -0.2) is 4.98 Å². The van der Waals surface area contributed by atoms with Gasteiger partial charge in [0.15, 0.2) is 0 Å². The minimum absolute atomic E-state index is 0.221. The van der Waals surface area contributed by atoms with E-state index in [-0.39, 0.29) is 18.6 Å². The zero-order chi connectivity index (χ0) is 25.1. The molecule has 0 bridgehead atoms. The van der Waals surface area contributed by atoms with Crippen LogP contribution in [0.25, 0.3) is 10.9 Å². The van der Waals surface area contributed by atoms with Gasteiger partial charge in [-0.15, -0.1) is 0 Å². The van der Waals surface area contributed by atoms with Gasteiger partial charge >= 0.3 is 0 Å². The highest BCUT2D eigenvalue weighted by Crippen LogP contribution is 2.35. The van der Waals surface area contributed by atoms with Crippen molar-refractivity contribution in [3.05, 3.63) is 71.2 Å². The molecule has 5 rings (SSSR count). The first kappa shape index (κ1) is 24.3. The van der Waals surface area contributed by atoms with Gasteiger partial charge in [0.2, 0.25) is 0 Å². The number of fused-ring (bicyclic) bond motifs is 1. The molecule has 36 heavy (non-hydrogen) atoms. The number of nitrogens with one attached hydrogen (secondary N) is 1. The number of likely N-dealkylation sites (tertiary alicyclic amines) is 1. The van der Waals surface area contributed by atoms with Gasteiger partial charge < -0.3 is 15.2 Å². The summed E-state index contributed by atoms with van der Waals surface area (Å²) < 4.78 is 5.27. The number of hydrogen-bond donors (Lipinski definition) is 2. The van der Waals surface area contributed by atoms with Gasteiger partial charge in [-0.3, -0.25) is 14.7 Å². The highest BCUT2D eigenvalue weighted by Gasteiger charge is 2.38. The van der Waals surface area contributed by atoms with Crippen LogP contribution in [0.2, 0.25) is 0 Å². The van der Waals surface area contributed by atoms with Crippen LogP contribution in [-0.2, 0) is 16.7 Å². The second kappa shape index (κ2) is 10.3. The molecule has 2 N–H and O–H groups in total. The zero-order valence-corrected chi connectivity index (χ0v) is 20.5. The number of amides is 1. The fourth-order valence-corrected chi connectivity index (χ4v) is 5.19. The fourth-order valence-electron chi connectivity index (χ4n) is 5.19. The first-order valence-electron chi connectivity index (χ1n) is 12.5. The molecule has 2 aliphatic rings. The lowest BCUT2D eigenvalue weighted by molar-refractivity contribution is -0.0261. The van der Waals surface area contributed by atoms with Gasteiger partial charge in [0, 0.05) is 37.8 Å². The number of aryl methyl sites for hydroxylation is 1. The molecular formula is C28H31N5O3. The van der Waals surface area contributed by atoms with Crippen molar-refractivity contribution in [1.29, 1.82) is 5.26 Å². The molecule has 0 spiro atoms. The number of carbonyl (C=O) groups is 1. The molecule has 0 saturated carbocycles. The molecule has 0 aliphatic carbocycles. The lowest BCUT2D eigenvalue weighted by Crippen LogP contribution is -2.48. The Bertz CT molecular complexity index is 1300. The fraction of sp³-hybridized carbons (Fsp3) is 0.429. The maximum absolute atomic E-state index is 13.1. The van der Waals surface area contributed by atoms with E-state index >= 15 is 0 Å². The second-order valence-electron chi connectivity index (χ2n) is 9.88. The number of nitrogens with zero attached hydrogens (tertiary/aromatic N) is 4. The molecule has 2 atom stereocenters. The van der Waals surface area contributed by atoms with E-state index in [9.17, 15) is 15.2 Å². The molecule has 0 radical (unpaired) electrons. The quantitative estimate of drug-likeness (QED) is 0.572. The second-order valence-corrected chi connectivity index (χ2v) is 9.88. The van der Waals surface area contributed by atoms with Crippen LogP contribution in [0, 0.1) is 18.3 Å². The standard InChI is InChI=1S/C28H31N5O3/c1-19-6-10-30-26(14-19)28(18-29)8-11-33(12-9-28)16-20-15-24(31-22-5-3-2-4-21(20)22)27(35)32-23-7-13-36-17-25(23)34/h2-6,10,14-15,23,25,34H,7-9,11-13,16-17H2,1H3,(H,32,35)/t23-,25-/m0/s1. The van der Waals surface area contributed by atoms with Crippen molar-refractivity contribution in [1.82, 2.24) is 20.2 Å². The number of carbonyl (C=O) groups excluding carboxylic acids is 1. The van der Waals surface area contributed by atoms with Gasteiger partial charge in [0.05, 0.1) is 36.0 Å². The number of aliphatic hydroxyl groups excluding tert-OH is 1. The van der Waals surface area contributed by atoms with Crippen LogP contribution in [0.1, 0.15) is 46.6 Å². The summed E-state index contributed by atoms with van der Waals surface area (Å²) >= 11 is 0. The minimum atomic E-state index is -0.723. The molecule has 186 valence electrons. The van der Waals surface area contributed by atoms with Crippen molar-refractivity contribution in [2.24, 2.45) is 0 Å². The molecule has 2 aliphatic heterocycles. The number of pyridine rings is 2. The lowest BCUT2D eigenvalue weighted by atomic mass is 9.76. The summed E-state index contributed by atoms with van der Waals surface area (Å²) in [5.41, 5.74) is 3.53. The van der Waals surface area contributed by atoms with Crippen LogP contribution in [0.3, 0.4) is 0 Å². The molecule has 3 aromatic rings. The van der Waals surface area contributed by atoms with Crippen LogP contribution in [-0.4, -0.2) is 64.3 Å². The Morgan fingerprint density at radius 1 is 1.28 bits per heavy atom. The molecule has 0 unspecified atom stereocenters. The van der Waals surface area contributed by atoms with Crippen molar-refractivity contribution in [3.63, 3.8) is 0 Å². The molecule has 2 aromatic heterocycles. The van der Waals surface area contributed by atoms with E-state index in [1.807, 2.05) is 49.4 Å². The Labute approximate surface area is 210 Å². The van der Waals surface area contributed by atoms with E-state index in [0.717, 1.165) is 40.8 Å². The van der Waals surface area contributed by atoms with E-state index in [2.05, 4.69) is 26.3 Å². The Morgan fingerprint density at radius 2 is 2.08 bits per heavy atom. The third kappa shape index (κ3) is 4.96. The Morgan fingerprint density at radius 3 is 2.83 bits per heavy atom. The number of aromatic nitrogens is 2. The third-order valence-electron chi connectivity index (χ3n) is 7.40. The summed E-state index contributed by atoms with van der Waals surface area (Å²) in [6.07, 6.45) is 3.04. The van der Waals surface area contributed by atoms with E-state index in [1.54, 1.807) is 6.20 Å². The van der Waals surface area contributed by atoms with E-state index < -0.39 is 11.5 Å². The normalized spacial score (nSPS) is 22.1. The highest BCUT2D eigenvalue weighted by atomic mass is 16.5. The first-order chi connectivity index (χ1) is 17.5. The number of benzene rings is 1. The van der Waals surface area contributed by atoms with Crippen LogP contribution in [0.15, 0.2) is 48.7 Å². The monoisotopic (exact) mass is 485 g/mol. The molecule has 1 amide bonds. The maximum Gasteiger partial charge on any atom is 0.270 e. The van der Waals surface area contributed by atoms with E-state index in [1.165, 1.54) is 0 Å². The van der Waals surface area contributed by atoms with E-state index in [0.29, 0.717) is 38.1 Å².